The van der Waals surface area contributed by atoms with E-state index in [2.05, 4.69) is 5.32 Å². The van der Waals surface area contributed by atoms with Crippen LogP contribution < -0.4 is 5.32 Å². The molecule has 0 fully saturated rings. The van der Waals surface area contributed by atoms with Crippen molar-refractivity contribution in [2.75, 3.05) is 13.3 Å². The van der Waals surface area contributed by atoms with Crippen molar-refractivity contribution < 1.29 is 0 Å². The number of thioether (sulfide) groups is 1. The largest absolute Gasteiger partial charge is 0.394 e. The van der Waals surface area contributed by atoms with Crippen LogP contribution in [0.5, 0.6) is 0 Å². The smallest absolute Gasteiger partial charge is 0.00278 e. The summed E-state index contributed by atoms with van der Waals surface area (Å²) < 4.78 is 0. The third kappa shape index (κ3) is 3.89. The summed E-state index contributed by atoms with van der Waals surface area (Å²) in [6, 6.07) is 0. The summed E-state index contributed by atoms with van der Waals surface area (Å²) in [7, 11) is 1.88. The van der Waals surface area contributed by atoms with E-state index in [1.54, 1.807) is 11.8 Å². The molecule has 0 radical (unpaired) electrons. The lowest BCUT2D eigenvalue weighted by Gasteiger charge is -1.78. The van der Waals surface area contributed by atoms with Gasteiger partial charge in [-0.15, -0.1) is 11.8 Å². The van der Waals surface area contributed by atoms with Crippen molar-refractivity contribution in [3.8, 4) is 0 Å². The zero-order valence-corrected chi connectivity index (χ0v) is 4.88. The normalized spacial score (nSPS) is 9.67. The van der Waals surface area contributed by atoms with Crippen molar-refractivity contribution in [3.05, 3.63) is 11.6 Å². The van der Waals surface area contributed by atoms with E-state index >= 15 is 0 Å². The van der Waals surface area contributed by atoms with Crippen molar-refractivity contribution in [1.82, 2.24) is 5.32 Å². The van der Waals surface area contributed by atoms with Gasteiger partial charge in [-0.25, -0.2) is 0 Å². The minimum atomic E-state index is 1.68. The van der Waals surface area contributed by atoms with Gasteiger partial charge in [0.25, 0.3) is 0 Å². The molecular formula is C4H9NS. The Kier molecular flexibility index (Phi) is 4.80. The Hall–Kier alpha value is -0.110. The molecule has 0 heterocycles. The highest BCUT2D eigenvalue weighted by molar-refractivity contribution is 8.01. The second-order valence-corrected chi connectivity index (χ2v) is 1.57. The molecule has 36 valence electrons. The maximum absolute atomic E-state index is 2.87. The van der Waals surface area contributed by atoms with Crippen molar-refractivity contribution in [2.24, 2.45) is 0 Å². The van der Waals surface area contributed by atoms with Crippen molar-refractivity contribution in [3.63, 3.8) is 0 Å². The molecule has 0 aliphatic carbocycles. The topological polar surface area (TPSA) is 12.0 Å². The van der Waals surface area contributed by atoms with Crippen LogP contribution in [0, 0.1) is 0 Å². The highest BCUT2D eigenvalue weighted by Crippen LogP contribution is 1.88. The Labute approximate surface area is 42.8 Å². The molecule has 0 rings (SSSR count). The van der Waals surface area contributed by atoms with Crippen LogP contribution in [0.15, 0.2) is 11.6 Å². The molecular weight excluding hydrogens is 94.1 g/mol. The van der Waals surface area contributed by atoms with Crippen LogP contribution in [0.3, 0.4) is 0 Å². The van der Waals surface area contributed by atoms with E-state index in [-0.39, 0.29) is 0 Å². The zero-order valence-electron chi connectivity index (χ0n) is 4.06. The fourth-order valence-electron chi connectivity index (χ4n) is 0.136. The summed E-state index contributed by atoms with van der Waals surface area (Å²) in [4.78, 5) is 0. The highest BCUT2D eigenvalue weighted by atomic mass is 32.2. The molecule has 0 aliphatic heterocycles. The number of rotatable bonds is 2. The molecule has 0 aliphatic rings. The van der Waals surface area contributed by atoms with E-state index in [4.69, 9.17) is 0 Å². The molecule has 0 atom stereocenters. The maximum atomic E-state index is 2.87. The Bertz CT molecular complexity index is 36.8. The Morgan fingerprint density at radius 2 is 2.33 bits per heavy atom. The van der Waals surface area contributed by atoms with Gasteiger partial charge in [-0.3, -0.25) is 0 Å². The Balaban J connectivity index is 2.73. The van der Waals surface area contributed by atoms with E-state index in [1.807, 2.05) is 24.9 Å². The average Bonchev–Trinajstić information content (AvgIpc) is 1.61. The summed E-state index contributed by atoms with van der Waals surface area (Å²) in [5.41, 5.74) is 0. The molecule has 0 aromatic heterocycles. The summed E-state index contributed by atoms with van der Waals surface area (Å²) >= 11 is 1.68. The molecule has 0 unspecified atom stereocenters. The first kappa shape index (κ1) is 5.89. The fraction of sp³-hybridized carbons (Fsp3) is 0.500. The molecule has 0 amide bonds. The molecule has 0 saturated heterocycles. The van der Waals surface area contributed by atoms with Crippen LogP contribution in [0.1, 0.15) is 0 Å². The lowest BCUT2D eigenvalue weighted by atomic mass is 11.0. The minimum absolute atomic E-state index is 1.68. The monoisotopic (exact) mass is 103 g/mol. The van der Waals surface area contributed by atoms with E-state index < -0.39 is 0 Å². The van der Waals surface area contributed by atoms with Gasteiger partial charge in [0.2, 0.25) is 0 Å². The zero-order chi connectivity index (χ0) is 4.83. The fourth-order valence-corrected chi connectivity index (χ4v) is 0.408. The molecule has 2 heteroatoms. The van der Waals surface area contributed by atoms with Gasteiger partial charge < -0.3 is 5.32 Å². The average molecular weight is 103 g/mol. The van der Waals surface area contributed by atoms with E-state index in [0.717, 1.165) is 0 Å². The summed E-state index contributed by atoms with van der Waals surface area (Å²) in [5.74, 6) is 0. The molecule has 1 N–H and O–H groups in total. The minimum Gasteiger partial charge on any atom is -0.394 e. The van der Waals surface area contributed by atoms with Crippen LogP contribution in [0.4, 0.5) is 0 Å². The highest BCUT2D eigenvalue weighted by Gasteiger charge is 1.56. The van der Waals surface area contributed by atoms with Crippen LogP contribution in [0.2, 0.25) is 0 Å². The number of nitrogens with one attached hydrogen (secondary N) is 1. The third-order valence-corrected chi connectivity index (χ3v) is 0.779. The number of hydrogen-bond acceptors (Lipinski definition) is 2. The second-order valence-electron chi connectivity index (χ2n) is 0.827. The predicted octanol–water partition coefficient (Wildman–Crippen LogP) is 1.04. The molecule has 6 heavy (non-hydrogen) atoms. The first-order chi connectivity index (χ1) is 2.91. The number of hydrogen-bond donors (Lipinski definition) is 1. The van der Waals surface area contributed by atoms with Crippen molar-refractivity contribution >= 4 is 11.8 Å². The quantitative estimate of drug-likeness (QED) is 0.560. The van der Waals surface area contributed by atoms with Gasteiger partial charge in [0.15, 0.2) is 0 Å². The summed E-state index contributed by atoms with van der Waals surface area (Å²) in [6.07, 6.45) is 3.92. The molecule has 0 spiro atoms. The van der Waals surface area contributed by atoms with Gasteiger partial charge in [-0.1, -0.05) is 0 Å². The predicted molar refractivity (Wildman–Crippen MR) is 31.7 cm³/mol. The Morgan fingerprint density at radius 1 is 1.67 bits per heavy atom. The van der Waals surface area contributed by atoms with Gasteiger partial charge in [0.1, 0.15) is 0 Å². The SMILES string of the molecule is CN/C=C\SC. The van der Waals surface area contributed by atoms with Crippen molar-refractivity contribution in [1.29, 1.82) is 0 Å². The van der Waals surface area contributed by atoms with Crippen LogP contribution >= 0.6 is 11.8 Å². The van der Waals surface area contributed by atoms with Gasteiger partial charge >= 0.3 is 0 Å². The summed E-state index contributed by atoms with van der Waals surface area (Å²) in [5, 5.41) is 4.85. The van der Waals surface area contributed by atoms with Crippen LogP contribution in [0.25, 0.3) is 0 Å². The molecule has 1 nitrogen and oxygen atoms in total. The molecule has 0 bridgehead atoms. The van der Waals surface area contributed by atoms with Crippen LogP contribution in [-0.2, 0) is 0 Å². The standard InChI is InChI=1S/C4H9NS/c1-5-3-4-6-2/h3-5H,1-2H3/b4-3-. The first-order valence-corrected chi connectivity index (χ1v) is 3.05. The lowest BCUT2D eigenvalue weighted by Crippen LogP contribution is -1.89. The molecule has 0 saturated carbocycles. The van der Waals surface area contributed by atoms with Gasteiger partial charge in [0, 0.05) is 13.2 Å². The van der Waals surface area contributed by atoms with Crippen molar-refractivity contribution in [2.45, 2.75) is 0 Å². The Morgan fingerprint density at radius 3 is 2.50 bits per heavy atom. The third-order valence-electron chi connectivity index (χ3n) is 0.371. The molecule has 0 aromatic carbocycles. The van der Waals surface area contributed by atoms with Crippen LogP contribution in [-0.4, -0.2) is 13.3 Å². The first-order valence-electron chi connectivity index (χ1n) is 1.77. The van der Waals surface area contributed by atoms with Gasteiger partial charge in [-0.2, -0.15) is 0 Å². The van der Waals surface area contributed by atoms with Gasteiger partial charge in [0.05, 0.1) is 0 Å². The van der Waals surface area contributed by atoms with E-state index in [9.17, 15) is 0 Å². The van der Waals surface area contributed by atoms with Gasteiger partial charge in [-0.05, 0) is 11.7 Å². The second kappa shape index (κ2) is 4.89. The molecule has 0 aromatic rings. The summed E-state index contributed by atoms with van der Waals surface area (Å²) in [6.45, 7) is 0. The van der Waals surface area contributed by atoms with E-state index in [1.165, 1.54) is 0 Å². The lowest BCUT2D eigenvalue weighted by molar-refractivity contribution is 1.11. The van der Waals surface area contributed by atoms with E-state index in [0.29, 0.717) is 0 Å². The maximum Gasteiger partial charge on any atom is 0.00278 e.